The first-order valence-electron chi connectivity index (χ1n) is 8.05. The van der Waals surface area contributed by atoms with Crippen molar-refractivity contribution >= 4 is 29.1 Å². The number of benzene rings is 2. The topological polar surface area (TPSA) is 46.4 Å². The summed E-state index contributed by atoms with van der Waals surface area (Å²) >= 11 is 7.28. The van der Waals surface area contributed by atoms with E-state index in [1.165, 1.54) is 31.0 Å². The van der Waals surface area contributed by atoms with Crippen LogP contribution in [0.25, 0.3) is 0 Å². The summed E-state index contributed by atoms with van der Waals surface area (Å²) in [5.74, 6) is 0. The first-order valence-corrected chi connectivity index (χ1v) is 9.24. The summed E-state index contributed by atoms with van der Waals surface area (Å²) in [5, 5.41) is 12.1. The number of nitro benzene ring substituents is 1. The Morgan fingerprint density at radius 1 is 1.08 bits per heavy atom. The molecule has 0 radical (unpaired) electrons. The van der Waals surface area contributed by atoms with Gasteiger partial charge in [-0.25, -0.2) is 0 Å². The molecule has 2 aromatic carbocycles. The van der Waals surface area contributed by atoms with Crippen molar-refractivity contribution in [2.45, 2.75) is 35.6 Å². The summed E-state index contributed by atoms with van der Waals surface area (Å²) in [7, 11) is 0. The van der Waals surface area contributed by atoms with Gasteiger partial charge in [0.05, 0.1) is 9.82 Å². The Balaban J connectivity index is 1.79. The molecule has 4 nitrogen and oxygen atoms in total. The van der Waals surface area contributed by atoms with Crippen LogP contribution in [0.2, 0.25) is 5.02 Å². The van der Waals surface area contributed by atoms with Crippen LogP contribution in [-0.2, 0) is 6.54 Å². The lowest BCUT2D eigenvalue weighted by atomic mass is 10.1. The lowest BCUT2D eigenvalue weighted by molar-refractivity contribution is -0.387. The molecule has 1 heterocycles. The number of piperidine rings is 1. The molecule has 0 aromatic heterocycles. The fourth-order valence-corrected chi connectivity index (χ4v) is 3.92. The Morgan fingerprint density at radius 2 is 1.79 bits per heavy atom. The van der Waals surface area contributed by atoms with Crippen LogP contribution < -0.4 is 0 Å². The zero-order valence-corrected chi connectivity index (χ0v) is 14.9. The Hall–Kier alpha value is -1.56. The molecule has 0 saturated carbocycles. The van der Waals surface area contributed by atoms with E-state index in [2.05, 4.69) is 4.90 Å². The molecule has 2 aromatic rings. The van der Waals surface area contributed by atoms with Crippen LogP contribution in [0, 0.1) is 10.1 Å². The molecule has 0 bridgehead atoms. The Morgan fingerprint density at radius 3 is 2.46 bits per heavy atom. The molecular weight excluding hydrogens is 344 g/mol. The van der Waals surface area contributed by atoms with E-state index < -0.39 is 0 Å². The highest BCUT2D eigenvalue weighted by Gasteiger charge is 2.18. The highest BCUT2D eigenvalue weighted by Crippen LogP contribution is 2.36. The van der Waals surface area contributed by atoms with Crippen molar-refractivity contribution in [1.29, 1.82) is 0 Å². The van der Waals surface area contributed by atoms with Crippen molar-refractivity contribution in [3.63, 3.8) is 0 Å². The van der Waals surface area contributed by atoms with Crippen molar-refractivity contribution in [3.05, 3.63) is 63.2 Å². The molecule has 1 aliphatic heterocycles. The van der Waals surface area contributed by atoms with Crippen molar-refractivity contribution in [2.75, 3.05) is 13.1 Å². The van der Waals surface area contributed by atoms with Gasteiger partial charge in [-0.3, -0.25) is 15.0 Å². The first kappa shape index (κ1) is 17.3. The van der Waals surface area contributed by atoms with Crippen LogP contribution >= 0.6 is 23.4 Å². The Bertz CT molecular complexity index is 715. The smallest absolute Gasteiger partial charge is 0.283 e. The largest absolute Gasteiger partial charge is 0.299 e. The van der Waals surface area contributed by atoms with E-state index in [0.29, 0.717) is 9.92 Å². The summed E-state index contributed by atoms with van der Waals surface area (Å²) in [6.07, 6.45) is 3.71. The van der Waals surface area contributed by atoms with Crippen LogP contribution in [0.4, 0.5) is 5.69 Å². The molecule has 0 aliphatic carbocycles. The maximum atomic E-state index is 11.5. The van der Waals surface area contributed by atoms with Gasteiger partial charge < -0.3 is 0 Å². The van der Waals surface area contributed by atoms with E-state index in [1.54, 1.807) is 18.2 Å². The SMILES string of the molecule is O=[N+]([O-])c1cc(CN2CCCCC2)ccc1Sc1ccc(Cl)cc1. The van der Waals surface area contributed by atoms with Crippen molar-refractivity contribution in [3.8, 4) is 0 Å². The zero-order valence-electron chi connectivity index (χ0n) is 13.3. The summed E-state index contributed by atoms with van der Waals surface area (Å²) in [6, 6.07) is 12.9. The molecule has 6 heteroatoms. The van der Waals surface area contributed by atoms with E-state index in [4.69, 9.17) is 11.6 Å². The van der Waals surface area contributed by atoms with E-state index in [-0.39, 0.29) is 10.6 Å². The average molecular weight is 363 g/mol. The monoisotopic (exact) mass is 362 g/mol. The molecule has 24 heavy (non-hydrogen) atoms. The Labute approximate surface area is 151 Å². The van der Waals surface area contributed by atoms with Crippen molar-refractivity contribution in [1.82, 2.24) is 4.90 Å². The minimum Gasteiger partial charge on any atom is -0.299 e. The van der Waals surface area contributed by atoms with Gasteiger partial charge in [-0.1, -0.05) is 35.9 Å². The predicted molar refractivity (Wildman–Crippen MR) is 97.8 cm³/mol. The average Bonchev–Trinajstić information content (AvgIpc) is 2.59. The van der Waals surface area contributed by atoms with E-state index in [1.807, 2.05) is 24.3 Å². The van der Waals surface area contributed by atoms with Gasteiger partial charge in [-0.2, -0.15) is 0 Å². The highest BCUT2D eigenvalue weighted by molar-refractivity contribution is 7.99. The van der Waals surface area contributed by atoms with Gasteiger partial charge in [0.1, 0.15) is 0 Å². The number of nitro groups is 1. The fraction of sp³-hybridized carbons (Fsp3) is 0.333. The lowest BCUT2D eigenvalue weighted by Crippen LogP contribution is -2.29. The van der Waals surface area contributed by atoms with Gasteiger partial charge in [0.2, 0.25) is 0 Å². The van der Waals surface area contributed by atoms with Gasteiger partial charge in [-0.05, 0) is 61.8 Å². The van der Waals surface area contributed by atoms with Crippen LogP contribution in [-0.4, -0.2) is 22.9 Å². The summed E-state index contributed by atoms with van der Waals surface area (Å²) in [5.41, 5.74) is 1.17. The van der Waals surface area contributed by atoms with Gasteiger partial charge >= 0.3 is 0 Å². The number of likely N-dealkylation sites (tertiary alicyclic amines) is 1. The molecule has 3 rings (SSSR count). The number of nitrogens with zero attached hydrogens (tertiary/aromatic N) is 2. The number of hydrogen-bond donors (Lipinski definition) is 0. The van der Waals surface area contributed by atoms with Crippen LogP contribution in [0.5, 0.6) is 0 Å². The molecule has 1 aliphatic rings. The third-order valence-corrected chi connectivity index (χ3v) is 5.44. The maximum Gasteiger partial charge on any atom is 0.283 e. The maximum absolute atomic E-state index is 11.5. The number of hydrogen-bond acceptors (Lipinski definition) is 4. The molecule has 126 valence electrons. The zero-order chi connectivity index (χ0) is 16.9. The minimum absolute atomic E-state index is 0.171. The summed E-state index contributed by atoms with van der Waals surface area (Å²) in [4.78, 5) is 15.1. The van der Waals surface area contributed by atoms with Crippen LogP contribution in [0.15, 0.2) is 52.3 Å². The lowest BCUT2D eigenvalue weighted by Gasteiger charge is -2.26. The standard InChI is InChI=1S/C18H19ClN2O2S/c19-15-5-7-16(8-6-15)24-18-9-4-14(12-17(18)21(22)23)13-20-10-2-1-3-11-20/h4-9,12H,1-3,10-11,13H2. The molecule has 0 amide bonds. The van der Waals surface area contributed by atoms with Crippen molar-refractivity contribution in [2.24, 2.45) is 0 Å². The van der Waals surface area contributed by atoms with Gasteiger partial charge in [0.25, 0.3) is 5.69 Å². The quantitative estimate of drug-likeness (QED) is 0.528. The van der Waals surface area contributed by atoms with Gasteiger partial charge in [0, 0.05) is 22.5 Å². The second kappa shape index (κ2) is 8.01. The van der Waals surface area contributed by atoms with E-state index in [0.717, 1.165) is 30.1 Å². The third kappa shape index (κ3) is 4.50. The second-order valence-electron chi connectivity index (χ2n) is 5.95. The van der Waals surface area contributed by atoms with Crippen molar-refractivity contribution < 1.29 is 4.92 Å². The molecule has 0 spiro atoms. The number of halogens is 1. The van der Waals surface area contributed by atoms with Crippen LogP contribution in [0.1, 0.15) is 24.8 Å². The third-order valence-electron chi connectivity index (χ3n) is 4.12. The molecule has 0 N–H and O–H groups in total. The van der Waals surface area contributed by atoms with E-state index in [9.17, 15) is 10.1 Å². The summed E-state index contributed by atoms with van der Waals surface area (Å²) in [6.45, 7) is 2.94. The molecule has 0 atom stereocenters. The molecule has 1 fully saturated rings. The fourth-order valence-electron chi connectivity index (χ4n) is 2.90. The minimum atomic E-state index is -0.294. The predicted octanol–water partition coefficient (Wildman–Crippen LogP) is 5.39. The van der Waals surface area contributed by atoms with Crippen LogP contribution in [0.3, 0.4) is 0 Å². The van der Waals surface area contributed by atoms with Gasteiger partial charge in [-0.15, -0.1) is 0 Å². The second-order valence-corrected chi connectivity index (χ2v) is 7.50. The molecule has 0 unspecified atom stereocenters. The first-order chi connectivity index (χ1) is 11.6. The highest BCUT2D eigenvalue weighted by atomic mass is 35.5. The summed E-state index contributed by atoms with van der Waals surface area (Å²) < 4.78 is 0. The van der Waals surface area contributed by atoms with Gasteiger partial charge in [0.15, 0.2) is 0 Å². The normalized spacial score (nSPS) is 15.4. The molecule has 1 saturated heterocycles. The van der Waals surface area contributed by atoms with E-state index >= 15 is 0 Å². The Kier molecular flexibility index (Phi) is 5.76. The number of rotatable bonds is 5. The molecular formula is C18H19ClN2O2S.